The first-order valence-corrected chi connectivity index (χ1v) is 6.76. The van der Waals surface area contributed by atoms with Gasteiger partial charge in [0.2, 0.25) is 0 Å². The Labute approximate surface area is 100 Å². The molecule has 0 aliphatic rings. The summed E-state index contributed by atoms with van der Waals surface area (Å²) in [5.41, 5.74) is 1.45. The van der Waals surface area contributed by atoms with Crippen molar-refractivity contribution in [2.45, 2.75) is 19.3 Å². The monoisotopic (exact) mass is 303 g/mol. The van der Waals surface area contributed by atoms with Crippen molar-refractivity contribution in [3.8, 4) is 0 Å². The lowest BCUT2D eigenvalue weighted by Gasteiger charge is -2.03. The standard InChI is InChI=1S/C12H18IN/c13-9-5-11-14-10-4-8-12-6-2-1-3-7-12/h1-3,6-7,14H,4-5,8-11H2. The molecule has 0 amide bonds. The van der Waals surface area contributed by atoms with Gasteiger partial charge in [-0.2, -0.15) is 0 Å². The van der Waals surface area contributed by atoms with E-state index in [2.05, 4.69) is 58.2 Å². The van der Waals surface area contributed by atoms with Crippen molar-refractivity contribution in [3.63, 3.8) is 0 Å². The Kier molecular flexibility index (Phi) is 7.05. The van der Waals surface area contributed by atoms with Crippen LogP contribution < -0.4 is 5.32 Å². The van der Waals surface area contributed by atoms with Crippen LogP contribution in [0.3, 0.4) is 0 Å². The van der Waals surface area contributed by atoms with Gasteiger partial charge in [-0.1, -0.05) is 52.9 Å². The summed E-state index contributed by atoms with van der Waals surface area (Å²) in [4.78, 5) is 0. The lowest BCUT2D eigenvalue weighted by atomic mass is 10.1. The lowest BCUT2D eigenvalue weighted by Crippen LogP contribution is -2.17. The molecular weight excluding hydrogens is 285 g/mol. The van der Waals surface area contributed by atoms with Crippen molar-refractivity contribution in [1.82, 2.24) is 5.32 Å². The molecule has 2 heteroatoms. The Hall–Kier alpha value is -0.0900. The maximum absolute atomic E-state index is 3.45. The molecule has 1 rings (SSSR count). The van der Waals surface area contributed by atoms with Crippen LogP contribution in [0.25, 0.3) is 0 Å². The molecule has 0 saturated heterocycles. The second-order valence-electron chi connectivity index (χ2n) is 3.38. The largest absolute Gasteiger partial charge is 0.317 e. The minimum Gasteiger partial charge on any atom is -0.317 e. The maximum atomic E-state index is 3.45. The van der Waals surface area contributed by atoms with Crippen molar-refractivity contribution in [2.24, 2.45) is 0 Å². The summed E-state index contributed by atoms with van der Waals surface area (Å²) in [6.07, 6.45) is 3.72. The summed E-state index contributed by atoms with van der Waals surface area (Å²) in [5.74, 6) is 0. The van der Waals surface area contributed by atoms with Crippen molar-refractivity contribution in [1.29, 1.82) is 0 Å². The quantitative estimate of drug-likeness (QED) is 0.464. The Morgan fingerprint density at radius 2 is 1.71 bits per heavy atom. The first-order chi connectivity index (χ1) is 6.93. The molecule has 14 heavy (non-hydrogen) atoms. The summed E-state index contributed by atoms with van der Waals surface area (Å²) >= 11 is 2.42. The number of aryl methyl sites for hydroxylation is 1. The SMILES string of the molecule is ICCCNCCCc1ccccc1. The second-order valence-corrected chi connectivity index (χ2v) is 4.46. The van der Waals surface area contributed by atoms with Crippen LogP contribution in [0, 0.1) is 0 Å². The molecule has 1 N–H and O–H groups in total. The fraction of sp³-hybridized carbons (Fsp3) is 0.500. The molecule has 0 aromatic heterocycles. The van der Waals surface area contributed by atoms with Crippen molar-refractivity contribution in [3.05, 3.63) is 35.9 Å². The van der Waals surface area contributed by atoms with Crippen LogP contribution in [-0.4, -0.2) is 17.5 Å². The first kappa shape index (κ1) is 12.0. The minimum absolute atomic E-state index is 1.14. The van der Waals surface area contributed by atoms with Gasteiger partial charge in [-0.3, -0.25) is 0 Å². The van der Waals surface area contributed by atoms with Crippen molar-refractivity contribution in [2.75, 3.05) is 17.5 Å². The van der Waals surface area contributed by atoms with E-state index in [4.69, 9.17) is 0 Å². The van der Waals surface area contributed by atoms with Gasteiger partial charge < -0.3 is 5.32 Å². The van der Waals surface area contributed by atoms with Gasteiger partial charge in [0.1, 0.15) is 0 Å². The zero-order valence-electron chi connectivity index (χ0n) is 8.51. The summed E-state index contributed by atoms with van der Waals surface area (Å²) in [5, 5.41) is 3.45. The highest BCUT2D eigenvalue weighted by atomic mass is 127. The maximum Gasteiger partial charge on any atom is 0.000735 e. The molecule has 0 aliphatic carbocycles. The molecule has 0 saturated carbocycles. The van der Waals surface area contributed by atoms with Crippen LogP contribution in [0.1, 0.15) is 18.4 Å². The van der Waals surface area contributed by atoms with E-state index in [0.29, 0.717) is 0 Å². The van der Waals surface area contributed by atoms with E-state index in [0.717, 1.165) is 13.1 Å². The Bertz CT molecular complexity index is 223. The molecule has 0 fully saturated rings. The van der Waals surface area contributed by atoms with Crippen molar-refractivity contribution >= 4 is 22.6 Å². The van der Waals surface area contributed by atoms with Gasteiger partial charge in [-0.25, -0.2) is 0 Å². The molecule has 1 aromatic rings. The van der Waals surface area contributed by atoms with Crippen LogP contribution in [0.15, 0.2) is 30.3 Å². The smallest absolute Gasteiger partial charge is 0.000735 e. The number of nitrogens with one attached hydrogen (secondary N) is 1. The van der Waals surface area contributed by atoms with Crippen molar-refractivity contribution < 1.29 is 0 Å². The number of benzene rings is 1. The van der Waals surface area contributed by atoms with Gasteiger partial charge in [0.25, 0.3) is 0 Å². The molecule has 78 valence electrons. The number of hydrogen-bond donors (Lipinski definition) is 1. The molecular formula is C12H18IN. The number of alkyl halides is 1. The molecule has 0 aliphatic heterocycles. The summed E-state index contributed by atoms with van der Waals surface area (Å²) in [6.45, 7) is 2.31. The zero-order valence-corrected chi connectivity index (χ0v) is 10.7. The van der Waals surface area contributed by atoms with E-state index in [1.54, 1.807) is 0 Å². The second kappa shape index (κ2) is 8.24. The fourth-order valence-corrected chi connectivity index (χ4v) is 1.76. The normalized spacial score (nSPS) is 10.4. The topological polar surface area (TPSA) is 12.0 Å². The summed E-state index contributed by atoms with van der Waals surface area (Å²) < 4.78 is 1.25. The van der Waals surface area contributed by atoms with Gasteiger partial charge in [-0.05, 0) is 37.9 Å². The minimum atomic E-state index is 1.14. The molecule has 0 radical (unpaired) electrons. The van der Waals surface area contributed by atoms with Gasteiger partial charge in [-0.15, -0.1) is 0 Å². The van der Waals surface area contributed by atoms with Gasteiger partial charge in [0.15, 0.2) is 0 Å². The van der Waals surface area contributed by atoms with Gasteiger partial charge in [0, 0.05) is 4.43 Å². The highest BCUT2D eigenvalue weighted by Crippen LogP contribution is 2.01. The third-order valence-corrected chi connectivity index (χ3v) is 2.91. The number of hydrogen-bond acceptors (Lipinski definition) is 1. The Morgan fingerprint density at radius 1 is 1.00 bits per heavy atom. The Morgan fingerprint density at radius 3 is 2.43 bits per heavy atom. The van der Waals surface area contributed by atoms with E-state index in [1.165, 1.54) is 29.3 Å². The van der Waals surface area contributed by atoms with Crippen LogP contribution in [0.5, 0.6) is 0 Å². The van der Waals surface area contributed by atoms with Gasteiger partial charge >= 0.3 is 0 Å². The van der Waals surface area contributed by atoms with E-state index in [-0.39, 0.29) is 0 Å². The molecule has 0 unspecified atom stereocenters. The molecule has 1 aromatic carbocycles. The summed E-state index contributed by atoms with van der Waals surface area (Å²) in [7, 11) is 0. The highest BCUT2D eigenvalue weighted by molar-refractivity contribution is 14.1. The molecule has 0 bridgehead atoms. The third kappa shape index (κ3) is 5.60. The average molecular weight is 303 g/mol. The molecule has 0 atom stereocenters. The van der Waals surface area contributed by atoms with E-state index < -0.39 is 0 Å². The molecule has 0 heterocycles. The van der Waals surface area contributed by atoms with Crippen LogP contribution >= 0.6 is 22.6 Å². The summed E-state index contributed by atoms with van der Waals surface area (Å²) in [6, 6.07) is 10.7. The van der Waals surface area contributed by atoms with E-state index >= 15 is 0 Å². The molecule has 1 nitrogen and oxygen atoms in total. The van der Waals surface area contributed by atoms with E-state index in [1.807, 2.05) is 0 Å². The first-order valence-electron chi connectivity index (χ1n) is 5.24. The zero-order chi connectivity index (χ0) is 10.1. The lowest BCUT2D eigenvalue weighted by molar-refractivity contribution is 0.644. The Balaban J connectivity index is 1.99. The predicted octanol–water partition coefficient (Wildman–Crippen LogP) is 3.03. The van der Waals surface area contributed by atoms with Crippen LogP contribution in [0.2, 0.25) is 0 Å². The third-order valence-electron chi connectivity index (χ3n) is 2.15. The number of rotatable bonds is 7. The van der Waals surface area contributed by atoms with Gasteiger partial charge in [0.05, 0.1) is 0 Å². The van der Waals surface area contributed by atoms with Crippen LogP contribution in [-0.2, 0) is 6.42 Å². The fourth-order valence-electron chi connectivity index (χ4n) is 1.38. The highest BCUT2D eigenvalue weighted by Gasteiger charge is 1.91. The van der Waals surface area contributed by atoms with Crippen LogP contribution in [0.4, 0.5) is 0 Å². The number of halogens is 1. The average Bonchev–Trinajstić information content (AvgIpc) is 2.25. The van der Waals surface area contributed by atoms with E-state index in [9.17, 15) is 0 Å². The molecule has 0 spiro atoms. The predicted molar refractivity (Wildman–Crippen MR) is 71.1 cm³/mol.